The molecular weight excluding hydrogens is 290 g/mol. The Morgan fingerprint density at radius 3 is 2.74 bits per heavy atom. The SMILES string of the molecule is CC1=C[C@@H]2COC(=O)[C@]23C(=O)N[C@@H](Cc2ccccc2)[C@@H]3[C@@H]1C. The van der Waals surface area contributed by atoms with E-state index in [1.165, 1.54) is 11.1 Å². The Labute approximate surface area is 135 Å². The third-order valence-electron chi connectivity index (χ3n) is 5.99. The second-order valence-electron chi connectivity index (χ2n) is 7.07. The summed E-state index contributed by atoms with van der Waals surface area (Å²) in [6, 6.07) is 10.1. The van der Waals surface area contributed by atoms with Crippen molar-refractivity contribution in [3.8, 4) is 0 Å². The fourth-order valence-corrected chi connectivity index (χ4v) is 4.78. The molecule has 2 fully saturated rings. The molecule has 1 aromatic carbocycles. The van der Waals surface area contributed by atoms with E-state index in [9.17, 15) is 9.59 Å². The summed E-state index contributed by atoms with van der Waals surface area (Å²) in [6.45, 7) is 4.54. The summed E-state index contributed by atoms with van der Waals surface area (Å²) < 4.78 is 5.33. The summed E-state index contributed by atoms with van der Waals surface area (Å²) in [5.74, 6) is -0.468. The summed E-state index contributed by atoms with van der Waals surface area (Å²) in [4.78, 5) is 25.4. The Morgan fingerprint density at radius 2 is 2.00 bits per heavy atom. The van der Waals surface area contributed by atoms with Crippen LogP contribution in [0.15, 0.2) is 42.0 Å². The Morgan fingerprint density at radius 1 is 1.26 bits per heavy atom. The second-order valence-corrected chi connectivity index (χ2v) is 7.07. The number of carbonyl (C=O) groups excluding carboxylic acids is 2. The molecule has 2 aliphatic heterocycles. The molecule has 120 valence electrons. The van der Waals surface area contributed by atoms with Crippen molar-refractivity contribution in [1.82, 2.24) is 5.32 Å². The minimum absolute atomic E-state index is 0.0308. The maximum Gasteiger partial charge on any atom is 0.322 e. The average molecular weight is 311 g/mol. The van der Waals surface area contributed by atoms with Gasteiger partial charge in [0.25, 0.3) is 0 Å². The van der Waals surface area contributed by atoms with Crippen molar-refractivity contribution in [2.24, 2.45) is 23.2 Å². The van der Waals surface area contributed by atoms with Crippen molar-refractivity contribution in [2.45, 2.75) is 26.3 Å². The minimum Gasteiger partial charge on any atom is -0.464 e. The molecule has 1 aliphatic carbocycles. The van der Waals surface area contributed by atoms with E-state index in [0.29, 0.717) is 6.61 Å². The van der Waals surface area contributed by atoms with E-state index in [2.05, 4.69) is 37.4 Å². The third-order valence-corrected chi connectivity index (χ3v) is 5.99. The van der Waals surface area contributed by atoms with Gasteiger partial charge in [-0.3, -0.25) is 9.59 Å². The van der Waals surface area contributed by atoms with Gasteiger partial charge in [0.15, 0.2) is 5.41 Å². The monoisotopic (exact) mass is 311 g/mol. The highest BCUT2D eigenvalue weighted by atomic mass is 16.5. The van der Waals surface area contributed by atoms with Gasteiger partial charge in [-0.1, -0.05) is 48.9 Å². The van der Waals surface area contributed by atoms with Gasteiger partial charge in [-0.15, -0.1) is 0 Å². The van der Waals surface area contributed by atoms with Gasteiger partial charge >= 0.3 is 5.97 Å². The first-order valence-electron chi connectivity index (χ1n) is 8.25. The average Bonchev–Trinajstić information content (AvgIpc) is 3.01. The Hall–Kier alpha value is -2.10. The maximum absolute atomic E-state index is 12.8. The lowest BCUT2D eigenvalue weighted by Crippen LogP contribution is -2.49. The first kappa shape index (κ1) is 14.5. The molecule has 1 amide bonds. The molecule has 4 rings (SSSR count). The van der Waals surface area contributed by atoms with Crippen LogP contribution < -0.4 is 5.32 Å². The van der Waals surface area contributed by atoms with Crippen LogP contribution in [0.5, 0.6) is 0 Å². The summed E-state index contributed by atoms with van der Waals surface area (Å²) in [7, 11) is 0. The van der Waals surface area contributed by atoms with Gasteiger partial charge < -0.3 is 10.1 Å². The topological polar surface area (TPSA) is 55.4 Å². The maximum atomic E-state index is 12.8. The van der Waals surface area contributed by atoms with E-state index < -0.39 is 5.41 Å². The van der Waals surface area contributed by atoms with E-state index in [0.717, 1.165) is 6.42 Å². The van der Waals surface area contributed by atoms with Crippen molar-refractivity contribution in [3.63, 3.8) is 0 Å². The standard InChI is InChI=1S/C19H21NO3/c1-11-8-14-10-23-18(22)19(14)16(12(11)2)15(20-17(19)21)9-13-6-4-3-5-7-13/h3-8,12,14-16H,9-10H2,1-2H3,(H,20,21)/t12-,14-,15+,16+,19-/m1/s1. The molecule has 5 atom stereocenters. The normalized spacial score (nSPS) is 38.4. The van der Waals surface area contributed by atoms with Gasteiger partial charge in [-0.2, -0.15) is 0 Å². The van der Waals surface area contributed by atoms with Crippen LogP contribution in [0.3, 0.4) is 0 Å². The number of ether oxygens (including phenoxy) is 1. The van der Waals surface area contributed by atoms with Gasteiger partial charge in [0.1, 0.15) is 0 Å². The van der Waals surface area contributed by atoms with E-state index in [1.807, 2.05) is 18.2 Å². The number of allylic oxidation sites excluding steroid dienone is 1. The van der Waals surface area contributed by atoms with E-state index >= 15 is 0 Å². The highest BCUT2D eigenvalue weighted by molar-refractivity contribution is 6.07. The van der Waals surface area contributed by atoms with Crippen LogP contribution in [0.25, 0.3) is 0 Å². The fourth-order valence-electron chi connectivity index (χ4n) is 4.78. The lowest BCUT2D eigenvalue weighted by molar-refractivity contribution is -0.154. The van der Waals surface area contributed by atoms with Gasteiger partial charge in [0, 0.05) is 17.9 Å². The highest BCUT2D eigenvalue weighted by Gasteiger charge is 2.69. The summed E-state index contributed by atoms with van der Waals surface area (Å²) in [5.41, 5.74) is 1.42. The Bertz CT molecular complexity index is 696. The van der Waals surface area contributed by atoms with Crippen LogP contribution in [0, 0.1) is 23.2 Å². The molecule has 4 nitrogen and oxygen atoms in total. The second kappa shape index (κ2) is 4.95. The molecule has 0 bridgehead atoms. The van der Waals surface area contributed by atoms with Crippen LogP contribution in [0.4, 0.5) is 0 Å². The fraction of sp³-hybridized carbons (Fsp3) is 0.474. The number of hydrogen-bond acceptors (Lipinski definition) is 3. The van der Waals surface area contributed by atoms with E-state index in [1.54, 1.807) is 0 Å². The largest absolute Gasteiger partial charge is 0.464 e. The predicted octanol–water partition coefficient (Wildman–Crippen LogP) is 2.10. The molecule has 4 heteroatoms. The van der Waals surface area contributed by atoms with Crippen LogP contribution in [0.1, 0.15) is 19.4 Å². The molecule has 23 heavy (non-hydrogen) atoms. The van der Waals surface area contributed by atoms with Gasteiger partial charge in [0.05, 0.1) is 6.61 Å². The zero-order valence-corrected chi connectivity index (χ0v) is 13.4. The molecule has 2 saturated heterocycles. The summed E-state index contributed by atoms with van der Waals surface area (Å²) >= 11 is 0. The van der Waals surface area contributed by atoms with E-state index in [4.69, 9.17) is 4.74 Å². The molecule has 0 aromatic heterocycles. The number of rotatable bonds is 2. The van der Waals surface area contributed by atoms with Crippen LogP contribution in [-0.4, -0.2) is 24.5 Å². The number of carbonyl (C=O) groups is 2. The molecule has 2 heterocycles. The zero-order chi connectivity index (χ0) is 16.2. The molecule has 3 aliphatic rings. The van der Waals surface area contributed by atoms with Crippen molar-refractivity contribution < 1.29 is 14.3 Å². The van der Waals surface area contributed by atoms with Crippen LogP contribution in [0.2, 0.25) is 0 Å². The number of esters is 1. The third kappa shape index (κ3) is 1.84. The first-order valence-corrected chi connectivity index (χ1v) is 8.25. The van der Waals surface area contributed by atoms with Crippen LogP contribution >= 0.6 is 0 Å². The number of benzene rings is 1. The first-order chi connectivity index (χ1) is 11.0. The zero-order valence-electron chi connectivity index (χ0n) is 13.4. The quantitative estimate of drug-likeness (QED) is 0.517. The summed E-state index contributed by atoms with van der Waals surface area (Å²) in [5, 5.41) is 3.11. The summed E-state index contributed by atoms with van der Waals surface area (Å²) in [6.07, 6.45) is 2.83. The van der Waals surface area contributed by atoms with Crippen LogP contribution in [-0.2, 0) is 20.7 Å². The van der Waals surface area contributed by atoms with Crippen molar-refractivity contribution >= 4 is 11.9 Å². The number of nitrogens with one attached hydrogen (secondary N) is 1. The van der Waals surface area contributed by atoms with E-state index in [-0.39, 0.29) is 35.7 Å². The number of amides is 1. The smallest absolute Gasteiger partial charge is 0.322 e. The van der Waals surface area contributed by atoms with Gasteiger partial charge in [-0.25, -0.2) is 0 Å². The molecule has 0 unspecified atom stereocenters. The van der Waals surface area contributed by atoms with Gasteiger partial charge in [-0.05, 0) is 24.8 Å². The van der Waals surface area contributed by atoms with Gasteiger partial charge in [0.2, 0.25) is 5.91 Å². The lowest BCUT2D eigenvalue weighted by atomic mass is 9.58. The molecule has 0 saturated carbocycles. The van der Waals surface area contributed by atoms with Crippen molar-refractivity contribution in [3.05, 3.63) is 47.5 Å². The molecular formula is C19H21NO3. The molecule has 1 N–H and O–H groups in total. The lowest BCUT2D eigenvalue weighted by Gasteiger charge is -2.39. The van der Waals surface area contributed by atoms with Crippen molar-refractivity contribution in [1.29, 1.82) is 0 Å². The number of hydrogen-bond donors (Lipinski definition) is 1. The number of cyclic esters (lactones) is 1. The molecule has 0 radical (unpaired) electrons. The Kier molecular flexibility index (Phi) is 3.12. The Balaban J connectivity index is 1.76. The highest BCUT2D eigenvalue weighted by Crippen LogP contribution is 2.56. The minimum atomic E-state index is -1.02. The molecule has 1 aromatic rings. The molecule has 1 spiro atoms. The van der Waals surface area contributed by atoms with Crippen molar-refractivity contribution in [2.75, 3.05) is 6.61 Å². The predicted molar refractivity (Wildman–Crippen MR) is 85.4 cm³/mol.